The third-order valence-electron chi connectivity index (χ3n) is 4.20. The van der Waals surface area contributed by atoms with Gasteiger partial charge in [0.15, 0.2) is 0 Å². The molecule has 3 aromatic rings. The molecule has 0 saturated heterocycles. The Kier molecular flexibility index (Phi) is 6.43. The van der Waals surface area contributed by atoms with Crippen molar-refractivity contribution in [2.75, 3.05) is 5.32 Å². The van der Waals surface area contributed by atoms with Gasteiger partial charge in [-0.05, 0) is 47.9 Å². The van der Waals surface area contributed by atoms with Crippen LogP contribution in [0.4, 0.5) is 5.69 Å². The second kappa shape index (κ2) is 8.98. The van der Waals surface area contributed by atoms with Gasteiger partial charge in [-0.15, -0.1) is 0 Å². The van der Waals surface area contributed by atoms with Gasteiger partial charge in [0.2, 0.25) is 0 Å². The van der Waals surface area contributed by atoms with E-state index in [-0.39, 0.29) is 0 Å². The highest BCUT2D eigenvalue weighted by Gasteiger charge is 2.06. The van der Waals surface area contributed by atoms with Gasteiger partial charge in [-0.2, -0.15) is 0 Å². The zero-order valence-electron chi connectivity index (χ0n) is 14.6. The van der Waals surface area contributed by atoms with Crippen LogP contribution in [0.1, 0.15) is 23.6 Å². The van der Waals surface area contributed by atoms with E-state index < -0.39 is 0 Å². The first kappa shape index (κ1) is 18.6. The minimum absolute atomic E-state index is 0.390. The molecule has 0 aliphatic rings. The second-order valence-electron chi connectivity index (χ2n) is 6.05. The highest BCUT2D eigenvalue weighted by atomic mass is 35.5. The molecule has 134 valence electrons. The van der Waals surface area contributed by atoms with E-state index in [1.807, 2.05) is 42.5 Å². The van der Waals surface area contributed by atoms with Crippen molar-refractivity contribution in [3.05, 3.63) is 93.5 Å². The average Bonchev–Trinajstić information content (AvgIpc) is 2.67. The first-order valence-electron chi connectivity index (χ1n) is 8.63. The third-order valence-corrected chi connectivity index (χ3v) is 4.86. The summed E-state index contributed by atoms with van der Waals surface area (Å²) < 4.78 is 5.81. The SMILES string of the molecule is CCc1ccc(NCc2ccc(OCc3ccccc3Cl)c(Cl)c2)cc1. The molecule has 4 heteroatoms. The molecule has 0 atom stereocenters. The van der Waals surface area contributed by atoms with Crippen molar-refractivity contribution in [3.63, 3.8) is 0 Å². The van der Waals surface area contributed by atoms with Gasteiger partial charge in [0.05, 0.1) is 5.02 Å². The number of aryl methyl sites for hydroxylation is 1. The smallest absolute Gasteiger partial charge is 0.138 e. The molecule has 0 radical (unpaired) electrons. The average molecular weight is 386 g/mol. The number of benzene rings is 3. The van der Waals surface area contributed by atoms with E-state index in [0.29, 0.717) is 28.9 Å². The van der Waals surface area contributed by atoms with E-state index in [0.717, 1.165) is 23.2 Å². The van der Waals surface area contributed by atoms with E-state index in [1.165, 1.54) is 5.56 Å². The maximum absolute atomic E-state index is 6.37. The predicted molar refractivity (Wildman–Crippen MR) is 110 cm³/mol. The van der Waals surface area contributed by atoms with E-state index in [2.05, 4.69) is 36.5 Å². The third kappa shape index (κ3) is 4.94. The van der Waals surface area contributed by atoms with Crippen molar-refractivity contribution in [1.82, 2.24) is 0 Å². The Morgan fingerprint density at radius 2 is 1.58 bits per heavy atom. The second-order valence-corrected chi connectivity index (χ2v) is 6.86. The summed E-state index contributed by atoms with van der Waals surface area (Å²) in [6.45, 7) is 3.25. The molecule has 0 amide bonds. The zero-order valence-corrected chi connectivity index (χ0v) is 16.1. The number of nitrogens with one attached hydrogen (secondary N) is 1. The number of anilines is 1. The van der Waals surface area contributed by atoms with Gasteiger partial charge in [-0.3, -0.25) is 0 Å². The lowest BCUT2D eigenvalue weighted by Gasteiger charge is -2.12. The number of rotatable bonds is 7. The summed E-state index contributed by atoms with van der Waals surface area (Å²) in [6.07, 6.45) is 1.05. The highest BCUT2D eigenvalue weighted by molar-refractivity contribution is 6.32. The van der Waals surface area contributed by atoms with Crippen molar-refractivity contribution >= 4 is 28.9 Å². The first-order chi connectivity index (χ1) is 12.7. The fourth-order valence-electron chi connectivity index (χ4n) is 2.60. The summed E-state index contributed by atoms with van der Waals surface area (Å²) in [4.78, 5) is 0. The van der Waals surface area contributed by atoms with Gasteiger partial charge in [0, 0.05) is 22.8 Å². The molecule has 3 aromatic carbocycles. The molecule has 2 nitrogen and oxygen atoms in total. The molecule has 3 rings (SSSR count). The lowest BCUT2D eigenvalue weighted by atomic mass is 10.1. The quantitative estimate of drug-likeness (QED) is 0.485. The Morgan fingerprint density at radius 1 is 0.846 bits per heavy atom. The van der Waals surface area contributed by atoms with Crippen LogP contribution in [-0.2, 0) is 19.6 Å². The topological polar surface area (TPSA) is 21.3 Å². The number of ether oxygens (including phenoxy) is 1. The molecule has 0 unspecified atom stereocenters. The van der Waals surface area contributed by atoms with Crippen LogP contribution in [0, 0.1) is 0 Å². The van der Waals surface area contributed by atoms with Crippen LogP contribution in [0.2, 0.25) is 10.0 Å². The molecule has 0 heterocycles. The molecule has 26 heavy (non-hydrogen) atoms. The molecule has 0 fully saturated rings. The molecule has 1 N–H and O–H groups in total. The van der Waals surface area contributed by atoms with Gasteiger partial charge in [0.25, 0.3) is 0 Å². The van der Waals surface area contributed by atoms with Crippen molar-refractivity contribution in [2.45, 2.75) is 26.5 Å². The van der Waals surface area contributed by atoms with Crippen LogP contribution in [0.3, 0.4) is 0 Å². The lowest BCUT2D eigenvalue weighted by Crippen LogP contribution is -2.01. The van der Waals surface area contributed by atoms with Crippen LogP contribution in [0.25, 0.3) is 0 Å². The van der Waals surface area contributed by atoms with E-state index >= 15 is 0 Å². The Labute approximate surface area is 164 Å². The summed E-state index contributed by atoms with van der Waals surface area (Å²) in [6, 6.07) is 22.0. The molecule has 0 bridgehead atoms. The van der Waals surface area contributed by atoms with Gasteiger partial charge in [-0.25, -0.2) is 0 Å². The summed E-state index contributed by atoms with van der Waals surface area (Å²) in [5.41, 5.74) is 4.46. The van der Waals surface area contributed by atoms with Crippen LogP contribution in [-0.4, -0.2) is 0 Å². The Hall–Kier alpha value is -2.16. The largest absolute Gasteiger partial charge is 0.487 e. The number of hydrogen-bond donors (Lipinski definition) is 1. The van der Waals surface area contributed by atoms with Crippen LogP contribution >= 0.6 is 23.2 Å². The molecular formula is C22H21Cl2NO. The van der Waals surface area contributed by atoms with Gasteiger partial charge in [-0.1, -0.05) is 66.5 Å². The van der Waals surface area contributed by atoms with Crippen LogP contribution in [0.5, 0.6) is 5.75 Å². The Morgan fingerprint density at radius 3 is 2.27 bits per heavy atom. The highest BCUT2D eigenvalue weighted by Crippen LogP contribution is 2.27. The van der Waals surface area contributed by atoms with Crippen LogP contribution in [0.15, 0.2) is 66.7 Å². The van der Waals surface area contributed by atoms with Crippen LogP contribution < -0.4 is 10.1 Å². The normalized spacial score (nSPS) is 10.6. The fraction of sp³-hybridized carbons (Fsp3) is 0.182. The van der Waals surface area contributed by atoms with Crippen molar-refractivity contribution in [2.24, 2.45) is 0 Å². The van der Waals surface area contributed by atoms with Gasteiger partial charge >= 0.3 is 0 Å². The minimum atomic E-state index is 0.390. The molecule has 0 spiro atoms. The lowest BCUT2D eigenvalue weighted by molar-refractivity contribution is 0.306. The van der Waals surface area contributed by atoms with Crippen molar-refractivity contribution < 1.29 is 4.74 Å². The summed E-state index contributed by atoms with van der Waals surface area (Å²) >= 11 is 12.5. The van der Waals surface area contributed by atoms with Crippen molar-refractivity contribution in [3.8, 4) is 5.75 Å². The maximum atomic E-state index is 6.37. The van der Waals surface area contributed by atoms with Gasteiger partial charge in [0.1, 0.15) is 12.4 Å². The van der Waals surface area contributed by atoms with E-state index in [9.17, 15) is 0 Å². The fourth-order valence-corrected chi connectivity index (χ4v) is 3.05. The predicted octanol–water partition coefficient (Wildman–Crippen LogP) is 6.75. The summed E-state index contributed by atoms with van der Waals surface area (Å²) in [7, 11) is 0. The molecular weight excluding hydrogens is 365 g/mol. The summed E-state index contributed by atoms with van der Waals surface area (Å²) in [5.74, 6) is 0.655. The van der Waals surface area contributed by atoms with Crippen molar-refractivity contribution in [1.29, 1.82) is 0 Å². The zero-order chi connectivity index (χ0) is 18.4. The summed E-state index contributed by atoms with van der Waals surface area (Å²) in [5, 5.41) is 4.70. The molecule has 0 aliphatic heterocycles. The van der Waals surface area contributed by atoms with E-state index in [4.69, 9.17) is 27.9 Å². The van der Waals surface area contributed by atoms with E-state index in [1.54, 1.807) is 0 Å². The molecule has 0 aliphatic carbocycles. The molecule has 0 saturated carbocycles. The first-order valence-corrected chi connectivity index (χ1v) is 9.38. The minimum Gasteiger partial charge on any atom is -0.487 e. The Bertz CT molecular complexity index is 862. The number of hydrogen-bond acceptors (Lipinski definition) is 2. The van der Waals surface area contributed by atoms with Gasteiger partial charge < -0.3 is 10.1 Å². The number of halogens is 2. The standard InChI is InChI=1S/C22H21Cl2NO/c1-2-16-7-10-19(11-8-16)25-14-17-9-12-22(21(24)13-17)26-15-18-5-3-4-6-20(18)23/h3-13,25H,2,14-15H2,1H3. The Balaban J connectivity index is 1.59. The monoisotopic (exact) mass is 385 g/mol. The molecule has 0 aromatic heterocycles. The maximum Gasteiger partial charge on any atom is 0.138 e.